The fourth-order valence-corrected chi connectivity index (χ4v) is 3.85. The fraction of sp³-hybridized carbons (Fsp3) is 0.125. The third-order valence-electron chi connectivity index (χ3n) is 3.33. The van der Waals surface area contributed by atoms with Crippen LogP contribution in [0.2, 0.25) is 0 Å². The van der Waals surface area contributed by atoms with Crippen molar-refractivity contribution in [1.29, 1.82) is 0 Å². The van der Waals surface area contributed by atoms with E-state index in [0.717, 1.165) is 32.5 Å². The summed E-state index contributed by atoms with van der Waals surface area (Å²) in [6.45, 7) is 2.44. The van der Waals surface area contributed by atoms with Gasteiger partial charge < -0.3 is 4.42 Å². The number of hydrogen-bond donors (Lipinski definition) is 0. The summed E-state index contributed by atoms with van der Waals surface area (Å²) >= 11 is 2.83. The van der Waals surface area contributed by atoms with Gasteiger partial charge in [-0.15, -0.1) is 10.2 Å². The molecule has 0 amide bonds. The van der Waals surface area contributed by atoms with Crippen LogP contribution < -0.4 is 0 Å². The van der Waals surface area contributed by atoms with Gasteiger partial charge in [0.1, 0.15) is 11.6 Å². The molecule has 0 N–H and O–H groups in total. The molecule has 24 heavy (non-hydrogen) atoms. The van der Waals surface area contributed by atoms with Crippen LogP contribution in [0.1, 0.15) is 11.6 Å². The Bertz CT molecular complexity index is 931. The van der Waals surface area contributed by atoms with Crippen molar-refractivity contribution in [3.05, 3.63) is 60.3 Å². The van der Waals surface area contributed by atoms with Gasteiger partial charge in [0.25, 0.3) is 0 Å². The Hall–Kier alpha value is -2.45. The highest BCUT2D eigenvalue weighted by Gasteiger charge is 2.17. The van der Waals surface area contributed by atoms with Crippen molar-refractivity contribution in [3.8, 4) is 11.4 Å². The standard InChI is InChI=1S/C16H13N5OS2/c1-11-17-16(24-20-11)23-15-19-18-14(12-6-3-2-4-7-12)21(15)10-13-8-5-9-22-13/h2-9H,10H2,1H3. The second kappa shape index (κ2) is 6.58. The van der Waals surface area contributed by atoms with E-state index in [9.17, 15) is 0 Å². The molecule has 0 saturated heterocycles. The van der Waals surface area contributed by atoms with E-state index in [4.69, 9.17) is 4.42 Å². The van der Waals surface area contributed by atoms with Crippen molar-refractivity contribution in [2.45, 2.75) is 23.0 Å². The Labute approximate surface area is 146 Å². The van der Waals surface area contributed by atoms with Crippen LogP contribution >= 0.6 is 23.3 Å². The van der Waals surface area contributed by atoms with Crippen LogP contribution in [0.3, 0.4) is 0 Å². The van der Waals surface area contributed by atoms with Gasteiger partial charge in [-0.05, 0) is 42.4 Å². The van der Waals surface area contributed by atoms with E-state index in [1.54, 1.807) is 6.26 Å². The van der Waals surface area contributed by atoms with Gasteiger partial charge in [-0.2, -0.15) is 4.37 Å². The first kappa shape index (κ1) is 15.1. The van der Waals surface area contributed by atoms with E-state index < -0.39 is 0 Å². The van der Waals surface area contributed by atoms with Gasteiger partial charge >= 0.3 is 0 Å². The Morgan fingerprint density at radius 3 is 2.71 bits per heavy atom. The van der Waals surface area contributed by atoms with Crippen LogP contribution in [0.5, 0.6) is 0 Å². The summed E-state index contributed by atoms with van der Waals surface area (Å²) < 4.78 is 12.6. The molecule has 4 rings (SSSR count). The molecule has 0 aliphatic heterocycles. The summed E-state index contributed by atoms with van der Waals surface area (Å²) in [7, 11) is 0. The summed E-state index contributed by atoms with van der Waals surface area (Å²) in [5, 5.41) is 9.49. The molecular formula is C16H13N5OS2. The van der Waals surface area contributed by atoms with E-state index in [1.165, 1.54) is 23.3 Å². The van der Waals surface area contributed by atoms with Gasteiger partial charge in [0.05, 0.1) is 12.8 Å². The summed E-state index contributed by atoms with van der Waals surface area (Å²) in [6, 6.07) is 13.8. The second-order valence-corrected chi connectivity index (χ2v) is 7.01. The van der Waals surface area contributed by atoms with Gasteiger partial charge in [0.2, 0.25) is 0 Å². The van der Waals surface area contributed by atoms with E-state index in [2.05, 4.69) is 19.6 Å². The smallest absolute Gasteiger partial charge is 0.199 e. The summed E-state index contributed by atoms with van der Waals surface area (Å²) in [5.74, 6) is 2.42. The monoisotopic (exact) mass is 355 g/mol. The molecule has 8 heteroatoms. The maximum absolute atomic E-state index is 5.50. The molecule has 0 radical (unpaired) electrons. The molecule has 0 saturated carbocycles. The predicted octanol–water partition coefficient (Wildman–Crippen LogP) is 3.90. The van der Waals surface area contributed by atoms with E-state index >= 15 is 0 Å². The molecule has 0 atom stereocenters. The fourth-order valence-electron chi connectivity index (χ4n) is 2.26. The highest BCUT2D eigenvalue weighted by Crippen LogP contribution is 2.31. The van der Waals surface area contributed by atoms with Crippen LogP contribution in [0.15, 0.2) is 62.6 Å². The first-order valence-electron chi connectivity index (χ1n) is 7.29. The largest absolute Gasteiger partial charge is 0.467 e. The summed E-state index contributed by atoms with van der Waals surface area (Å²) in [5.41, 5.74) is 1.01. The van der Waals surface area contributed by atoms with Crippen LogP contribution in [-0.2, 0) is 6.54 Å². The Balaban J connectivity index is 1.74. The third-order valence-corrected chi connectivity index (χ3v) is 5.16. The van der Waals surface area contributed by atoms with Crippen molar-refractivity contribution in [2.75, 3.05) is 0 Å². The summed E-state index contributed by atoms with van der Waals surface area (Å²) in [6.07, 6.45) is 1.67. The Morgan fingerprint density at radius 2 is 2.00 bits per heavy atom. The lowest BCUT2D eigenvalue weighted by Crippen LogP contribution is -2.03. The predicted molar refractivity (Wildman–Crippen MR) is 92.0 cm³/mol. The first-order valence-corrected chi connectivity index (χ1v) is 8.88. The number of furan rings is 1. The molecule has 0 aliphatic rings. The van der Waals surface area contributed by atoms with Crippen molar-refractivity contribution in [2.24, 2.45) is 0 Å². The third kappa shape index (κ3) is 3.10. The highest BCUT2D eigenvalue weighted by atomic mass is 32.2. The molecule has 0 bridgehead atoms. The van der Waals surface area contributed by atoms with Crippen LogP contribution in [0.4, 0.5) is 0 Å². The van der Waals surface area contributed by atoms with Gasteiger partial charge in [0, 0.05) is 5.56 Å². The minimum atomic E-state index is 0.560. The van der Waals surface area contributed by atoms with Gasteiger partial charge in [-0.25, -0.2) is 4.98 Å². The number of hydrogen-bond acceptors (Lipinski definition) is 7. The average molecular weight is 355 g/mol. The molecule has 0 fully saturated rings. The van der Waals surface area contributed by atoms with E-state index in [1.807, 2.05) is 54.0 Å². The minimum Gasteiger partial charge on any atom is -0.467 e. The molecule has 1 aromatic carbocycles. The van der Waals surface area contributed by atoms with Gasteiger partial charge in [0.15, 0.2) is 15.3 Å². The average Bonchev–Trinajstić information content (AvgIpc) is 3.33. The number of aromatic nitrogens is 5. The number of benzene rings is 1. The van der Waals surface area contributed by atoms with Gasteiger partial charge in [-0.1, -0.05) is 30.3 Å². The molecular weight excluding hydrogens is 342 g/mol. The quantitative estimate of drug-likeness (QED) is 0.541. The second-order valence-electron chi connectivity index (χ2n) is 5.05. The van der Waals surface area contributed by atoms with Crippen molar-refractivity contribution >= 4 is 23.3 Å². The maximum atomic E-state index is 5.50. The molecule has 0 unspecified atom stereocenters. The van der Waals surface area contributed by atoms with E-state index in [0.29, 0.717) is 6.54 Å². The Morgan fingerprint density at radius 1 is 1.12 bits per heavy atom. The van der Waals surface area contributed by atoms with Crippen molar-refractivity contribution < 1.29 is 4.42 Å². The van der Waals surface area contributed by atoms with Crippen molar-refractivity contribution in [3.63, 3.8) is 0 Å². The molecule has 6 nitrogen and oxygen atoms in total. The highest BCUT2D eigenvalue weighted by molar-refractivity contribution is 8.00. The Kier molecular flexibility index (Phi) is 4.14. The number of nitrogens with zero attached hydrogens (tertiary/aromatic N) is 5. The number of rotatable bonds is 5. The van der Waals surface area contributed by atoms with Crippen LogP contribution in [0, 0.1) is 6.92 Å². The summed E-state index contributed by atoms with van der Waals surface area (Å²) in [4.78, 5) is 4.39. The minimum absolute atomic E-state index is 0.560. The van der Waals surface area contributed by atoms with E-state index in [-0.39, 0.29) is 0 Å². The zero-order chi connectivity index (χ0) is 16.4. The van der Waals surface area contributed by atoms with Crippen molar-refractivity contribution in [1.82, 2.24) is 24.1 Å². The normalized spacial score (nSPS) is 11.0. The lowest BCUT2D eigenvalue weighted by atomic mass is 10.2. The molecule has 0 spiro atoms. The van der Waals surface area contributed by atoms with Crippen LogP contribution in [0.25, 0.3) is 11.4 Å². The SMILES string of the molecule is Cc1nsc(Sc2nnc(-c3ccccc3)n2Cc2ccco2)n1. The first-order chi connectivity index (χ1) is 11.8. The lowest BCUT2D eigenvalue weighted by Gasteiger charge is -2.07. The molecule has 3 heterocycles. The number of aryl methyl sites for hydroxylation is 1. The van der Waals surface area contributed by atoms with Crippen LogP contribution in [-0.4, -0.2) is 24.1 Å². The molecule has 0 aliphatic carbocycles. The molecule has 120 valence electrons. The topological polar surface area (TPSA) is 69.6 Å². The maximum Gasteiger partial charge on any atom is 0.199 e. The molecule has 4 aromatic rings. The zero-order valence-corrected chi connectivity index (χ0v) is 14.4. The van der Waals surface area contributed by atoms with Gasteiger partial charge in [-0.3, -0.25) is 4.57 Å². The lowest BCUT2D eigenvalue weighted by molar-refractivity contribution is 0.485. The molecule has 3 aromatic heterocycles. The zero-order valence-electron chi connectivity index (χ0n) is 12.8.